The Morgan fingerprint density at radius 3 is 1.39 bits per heavy atom. The molecule has 0 aromatic carbocycles. The quantitative estimate of drug-likeness (QED) is 0.340. The third kappa shape index (κ3) is 12.3. The molecule has 0 spiro atoms. The van der Waals surface area contributed by atoms with Gasteiger partial charge in [0.1, 0.15) is 0 Å². The van der Waals surface area contributed by atoms with Crippen LogP contribution in [0.15, 0.2) is 0 Å². The van der Waals surface area contributed by atoms with Gasteiger partial charge in [-0.25, -0.2) is 0 Å². The second kappa shape index (κ2) is 15.8. The van der Waals surface area contributed by atoms with Crippen molar-refractivity contribution in [3.63, 3.8) is 0 Å². The van der Waals surface area contributed by atoms with Crippen LogP contribution in [0.1, 0.15) is 126 Å². The Morgan fingerprint density at radius 1 is 0.606 bits per heavy atom. The van der Waals surface area contributed by atoms with E-state index in [-0.39, 0.29) is 0 Å². The number of piperidine rings is 1. The summed E-state index contributed by atoms with van der Waals surface area (Å²) in [5, 5.41) is 0. The normalized spacial score (nSPS) is 21.2. The van der Waals surface area contributed by atoms with Crippen LogP contribution in [0, 0.1) is 23.7 Å². The predicted octanol–water partition coefficient (Wildman–Crippen LogP) is 7.31. The zero-order valence-electron chi connectivity index (χ0n) is 23.4. The predicted molar refractivity (Wildman–Crippen MR) is 141 cm³/mol. The van der Waals surface area contributed by atoms with E-state index in [9.17, 15) is 9.59 Å². The summed E-state index contributed by atoms with van der Waals surface area (Å²) < 4.78 is 0. The number of hydrogen-bond donors (Lipinski definition) is 0. The van der Waals surface area contributed by atoms with E-state index in [0.29, 0.717) is 35.7 Å². The molecule has 2 fully saturated rings. The zero-order valence-corrected chi connectivity index (χ0v) is 23.4. The molecule has 2 heterocycles. The van der Waals surface area contributed by atoms with Crippen molar-refractivity contribution in [3.05, 3.63) is 0 Å². The molecule has 2 aliphatic heterocycles. The smallest absolute Gasteiger partial charge is 0.223 e. The lowest BCUT2D eigenvalue weighted by Crippen LogP contribution is -2.44. The SMILES string of the molecule is CC(C)CCC1CCCCN1C(=O)CC(C)C.CC(C)CCC1CCCN1C(=O)CC(C)C. The van der Waals surface area contributed by atoms with Gasteiger partial charge in [-0.15, -0.1) is 0 Å². The highest BCUT2D eigenvalue weighted by molar-refractivity contribution is 5.77. The van der Waals surface area contributed by atoms with Crippen LogP contribution in [0.25, 0.3) is 0 Å². The van der Waals surface area contributed by atoms with E-state index in [1.807, 2.05) is 0 Å². The first-order valence-electron chi connectivity index (χ1n) is 14.1. The van der Waals surface area contributed by atoms with Crippen LogP contribution in [0.4, 0.5) is 0 Å². The monoisotopic (exact) mass is 464 g/mol. The second-order valence-electron chi connectivity index (χ2n) is 12.3. The van der Waals surface area contributed by atoms with Crippen LogP contribution in [-0.2, 0) is 9.59 Å². The van der Waals surface area contributed by atoms with E-state index >= 15 is 0 Å². The molecule has 2 rings (SSSR count). The van der Waals surface area contributed by atoms with Crippen LogP contribution in [-0.4, -0.2) is 46.8 Å². The zero-order chi connectivity index (χ0) is 25.0. The number of carbonyl (C=O) groups is 2. The Balaban J connectivity index is 0.000000331. The summed E-state index contributed by atoms with van der Waals surface area (Å²) in [5.41, 5.74) is 0. The Hall–Kier alpha value is -1.06. The third-order valence-electron chi connectivity index (χ3n) is 6.97. The van der Waals surface area contributed by atoms with Gasteiger partial charge in [0.2, 0.25) is 11.8 Å². The van der Waals surface area contributed by atoms with Crippen molar-refractivity contribution in [3.8, 4) is 0 Å². The molecular formula is C29H56N2O2. The van der Waals surface area contributed by atoms with E-state index in [4.69, 9.17) is 0 Å². The van der Waals surface area contributed by atoms with E-state index in [0.717, 1.165) is 37.8 Å². The van der Waals surface area contributed by atoms with Gasteiger partial charge < -0.3 is 9.80 Å². The third-order valence-corrected chi connectivity index (χ3v) is 6.97. The van der Waals surface area contributed by atoms with Crippen LogP contribution in [0.5, 0.6) is 0 Å². The Labute approximate surface area is 206 Å². The van der Waals surface area contributed by atoms with E-state index in [1.165, 1.54) is 57.8 Å². The molecule has 0 bridgehead atoms. The van der Waals surface area contributed by atoms with Gasteiger partial charge in [-0.1, -0.05) is 55.4 Å². The number of hydrogen-bond acceptors (Lipinski definition) is 2. The molecule has 0 saturated carbocycles. The van der Waals surface area contributed by atoms with Gasteiger partial charge in [0.25, 0.3) is 0 Å². The molecule has 0 aromatic heterocycles. The average Bonchev–Trinajstić information content (AvgIpc) is 3.19. The summed E-state index contributed by atoms with van der Waals surface area (Å²) in [5.74, 6) is 3.23. The van der Waals surface area contributed by atoms with Crippen LogP contribution in [0.3, 0.4) is 0 Å². The van der Waals surface area contributed by atoms with Gasteiger partial charge in [-0.2, -0.15) is 0 Å². The number of rotatable bonds is 10. The molecular weight excluding hydrogens is 408 g/mol. The van der Waals surface area contributed by atoms with Gasteiger partial charge in [0.15, 0.2) is 0 Å². The minimum Gasteiger partial charge on any atom is -0.340 e. The van der Waals surface area contributed by atoms with Crippen molar-refractivity contribution in [1.29, 1.82) is 0 Å². The lowest BCUT2D eigenvalue weighted by molar-refractivity contribution is -0.136. The highest BCUT2D eigenvalue weighted by Gasteiger charge is 2.28. The van der Waals surface area contributed by atoms with Crippen molar-refractivity contribution < 1.29 is 9.59 Å². The summed E-state index contributed by atoms with van der Waals surface area (Å²) in [7, 11) is 0. The minimum atomic E-state index is 0.376. The fraction of sp³-hybridized carbons (Fsp3) is 0.931. The first kappa shape index (κ1) is 30.0. The van der Waals surface area contributed by atoms with Crippen molar-refractivity contribution in [2.75, 3.05) is 13.1 Å². The van der Waals surface area contributed by atoms with E-state index in [1.54, 1.807) is 0 Å². The molecule has 2 saturated heterocycles. The Morgan fingerprint density at radius 2 is 1.00 bits per heavy atom. The van der Waals surface area contributed by atoms with Gasteiger partial charge in [0, 0.05) is 38.0 Å². The lowest BCUT2D eigenvalue weighted by atomic mass is 9.94. The highest BCUT2D eigenvalue weighted by Crippen LogP contribution is 2.25. The van der Waals surface area contributed by atoms with Crippen LogP contribution < -0.4 is 0 Å². The topological polar surface area (TPSA) is 40.6 Å². The molecule has 2 amide bonds. The molecule has 0 aromatic rings. The standard InChI is InChI=1S/C15H29NO.C14H27NO/c1-12(2)8-9-14-7-5-6-10-16(14)15(17)11-13(3)4;1-11(2)7-8-13-6-5-9-15(13)14(16)10-12(3)4/h12-14H,5-11H2,1-4H3;11-13H,5-10H2,1-4H3. The number of carbonyl (C=O) groups excluding carboxylic acids is 2. The molecule has 0 N–H and O–H groups in total. The van der Waals surface area contributed by atoms with Crippen molar-refractivity contribution in [2.45, 2.75) is 138 Å². The fourth-order valence-corrected chi connectivity index (χ4v) is 5.08. The van der Waals surface area contributed by atoms with Crippen molar-refractivity contribution in [1.82, 2.24) is 9.80 Å². The molecule has 2 atom stereocenters. The molecule has 0 radical (unpaired) electrons. The second-order valence-corrected chi connectivity index (χ2v) is 12.3. The summed E-state index contributed by atoms with van der Waals surface area (Å²) in [4.78, 5) is 28.5. The molecule has 4 heteroatoms. The fourth-order valence-electron chi connectivity index (χ4n) is 5.08. The maximum Gasteiger partial charge on any atom is 0.223 e. The van der Waals surface area contributed by atoms with Crippen molar-refractivity contribution >= 4 is 11.8 Å². The number of likely N-dealkylation sites (tertiary alicyclic amines) is 2. The highest BCUT2D eigenvalue weighted by atomic mass is 16.2. The number of nitrogens with zero attached hydrogens (tertiary/aromatic N) is 2. The van der Waals surface area contributed by atoms with E-state index < -0.39 is 0 Å². The van der Waals surface area contributed by atoms with E-state index in [2.05, 4.69) is 65.2 Å². The largest absolute Gasteiger partial charge is 0.340 e. The maximum atomic E-state index is 12.2. The molecule has 2 aliphatic rings. The van der Waals surface area contributed by atoms with Gasteiger partial charge >= 0.3 is 0 Å². The molecule has 4 nitrogen and oxygen atoms in total. The minimum absolute atomic E-state index is 0.376. The van der Waals surface area contributed by atoms with Gasteiger partial charge in [-0.05, 0) is 81.5 Å². The van der Waals surface area contributed by atoms with Crippen LogP contribution in [0.2, 0.25) is 0 Å². The summed E-state index contributed by atoms with van der Waals surface area (Å²) in [6, 6.07) is 1.06. The summed E-state index contributed by atoms with van der Waals surface area (Å²) >= 11 is 0. The summed E-state index contributed by atoms with van der Waals surface area (Å²) in [6.45, 7) is 19.5. The number of amides is 2. The molecule has 2 unspecified atom stereocenters. The Bertz CT molecular complexity index is 556. The molecule has 0 aliphatic carbocycles. The molecule has 33 heavy (non-hydrogen) atoms. The Kier molecular flexibility index (Phi) is 14.3. The lowest BCUT2D eigenvalue weighted by Gasteiger charge is -2.36. The first-order valence-corrected chi connectivity index (χ1v) is 14.1. The molecule has 194 valence electrons. The first-order chi connectivity index (χ1) is 15.5. The van der Waals surface area contributed by atoms with Gasteiger partial charge in [-0.3, -0.25) is 9.59 Å². The average molecular weight is 465 g/mol. The van der Waals surface area contributed by atoms with Gasteiger partial charge in [0.05, 0.1) is 0 Å². The maximum absolute atomic E-state index is 12.2. The summed E-state index contributed by atoms with van der Waals surface area (Å²) in [6.07, 6.45) is 12.5. The van der Waals surface area contributed by atoms with Crippen molar-refractivity contribution in [2.24, 2.45) is 23.7 Å². The van der Waals surface area contributed by atoms with Crippen LogP contribution >= 0.6 is 0 Å².